The largest absolute Gasteiger partial charge is 0.478 e. The second kappa shape index (κ2) is 30.3. The number of carboxylic acid groups (broad SMARTS) is 1. The molecule has 9 aromatic heterocycles. The summed E-state index contributed by atoms with van der Waals surface area (Å²) in [6, 6.07) is 13.8. The van der Waals surface area contributed by atoms with Gasteiger partial charge in [-0.1, -0.05) is 15.5 Å². The number of aliphatic hydroxyl groups is 3. The summed E-state index contributed by atoms with van der Waals surface area (Å²) in [5.41, 5.74) is -0.429. The number of thiophene rings is 3. The van der Waals surface area contributed by atoms with Crippen molar-refractivity contribution in [2.75, 3.05) is 19.6 Å². The Morgan fingerprint density at radius 1 is 0.500 bits per heavy atom. The Hall–Kier alpha value is -8.41. The van der Waals surface area contributed by atoms with Gasteiger partial charge in [0.25, 0.3) is 11.8 Å². The van der Waals surface area contributed by atoms with E-state index in [1.807, 2.05) is 13.8 Å². The number of likely N-dealkylation sites (tertiary alicyclic amines) is 2. The van der Waals surface area contributed by atoms with Crippen LogP contribution in [0, 0.1) is 0 Å². The van der Waals surface area contributed by atoms with Gasteiger partial charge in [-0.05, 0) is 112 Å². The highest BCUT2D eigenvalue weighted by molar-refractivity contribution is 7.14. The fourth-order valence-electron chi connectivity index (χ4n) is 10.4. The van der Waals surface area contributed by atoms with E-state index in [-0.39, 0.29) is 71.8 Å². The molecular formula is C60H59F9N12O10S3. The van der Waals surface area contributed by atoms with Crippen molar-refractivity contribution >= 4 is 51.8 Å². The number of carbonyl (C=O) groups is 3. The van der Waals surface area contributed by atoms with Crippen LogP contribution in [0.2, 0.25) is 0 Å². The number of aromatic nitrogens is 9. The molecule has 34 heteroatoms. The average Bonchev–Trinajstić information content (AvgIpc) is 2.13. The number of hydrogen-bond donors (Lipinski definition) is 5. The molecule has 94 heavy (non-hydrogen) atoms. The number of alkyl halides is 9. The number of aromatic carboxylic acids is 1. The lowest BCUT2D eigenvalue weighted by Gasteiger charge is -2.37. The van der Waals surface area contributed by atoms with Gasteiger partial charge in [0.05, 0.1) is 31.3 Å². The SMILES string of the molecule is C[C@@H]1CC[C@@H](c2cc(C(O)C(F)(F)F)no2)CN1.C[C@@H]1CC[C@@H](c2cc([C@@H](O)C(F)(F)F)no2)CN1C(=O)c1ccsc1-c1ncccn1.C[C@@H]1CC[C@@H](c2cc([C@H](O)C(F)(F)F)no2)CN1C(=O)c1ccsc1-c1ncccn1.O=C(O)c1ccsc1-c1ncccn1. The summed E-state index contributed by atoms with van der Waals surface area (Å²) in [5.74, 6) is 0.246. The van der Waals surface area contributed by atoms with Gasteiger partial charge in [-0.15, -0.1) is 34.0 Å². The van der Waals surface area contributed by atoms with Gasteiger partial charge < -0.3 is 49.1 Å². The van der Waals surface area contributed by atoms with E-state index in [0.717, 1.165) is 25.0 Å². The zero-order chi connectivity index (χ0) is 67.6. The van der Waals surface area contributed by atoms with E-state index >= 15 is 0 Å². The van der Waals surface area contributed by atoms with E-state index in [1.54, 1.807) is 99.5 Å². The van der Waals surface area contributed by atoms with E-state index in [9.17, 15) is 64.1 Å². The maximum atomic E-state index is 13.3. The Morgan fingerprint density at radius 2 is 0.819 bits per heavy atom. The smallest absolute Gasteiger partial charge is 0.420 e. The van der Waals surface area contributed by atoms with Crippen molar-refractivity contribution in [1.29, 1.82) is 0 Å². The number of carboxylic acids is 1. The molecule has 3 saturated heterocycles. The number of nitrogens with zero attached hydrogens (tertiary/aromatic N) is 11. The first kappa shape index (κ1) is 69.9. The number of rotatable bonds is 12. The standard InChI is InChI=1S/2C20H19F3N4O3S.C11H15F3N2O2.C9H6N2O2S/c2*1-11-3-4-12(15-9-14(26-30-15)17(28)20(21,22)23)10-27(11)19(29)13-5-8-31-16(13)18-24-6-2-7-25-18;1-6-2-3-7(5-15-6)9-4-8(16-18-9)10(17)11(12,13)14;12-9(13)6-2-5-14-7(6)8-10-3-1-4-11-8/h2*2,5-9,11-12,17,28H,3-4,10H2,1H3;4,6-7,10,15,17H,2-3,5H2,1H3;1-5H,(H,12,13)/t11-,12-,17+;11-,12-,17-;6-,7-,10?;/m111./s1. The fraction of sp³-hybridized carbons (Fsp3) is 0.400. The molecule has 22 nitrogen and oxygen atoms in total. The third kappa shape index (κ3) is 17.1. The second-order valence-corrected chi connectivity index (χ2v) is 24.8. The third-order valence-electron chi connectivity index (χ3n) is 15.6. The zero-order valence-electron chi connectivity index (χ0n) is 49.7. The normalized spacial score (nSPS) is 20.3. The molecule has 12 rings (SSSR count). The molecule has 5 N–H and O–H groups in total. The minimum absolute atomic E-state index is 0.0166. The highest BCUT2D eigenvalue weighted by Gasteiger charge is 2.45. The summed E-state index contributed by atoms with van der Waals surface area (Å²) in [7, 11) is 0. The van der Waals surface area contributed by atoms with E-state index in [4.69, 9.17) is 23.8 Å². The van der Waals surface area contributed by atoms with Crippen LogP contribution in [0.1, 0.15) is 161 Å². The summed E-state index contributed by atoms with van der Waals surface area (Å²) < 4.78 is 128. The van der Waals surface area contributed by atoms with Gasteiger partial charge >= 0.3 is 24.5 Å². The first-order valence-electron chi connectivity index (χ1n) is 28.9. The van der Waals surface area contributed by atoms with Gasteiger partial charge in [0.15, 0.2) is 35.8 Å². The highest BCUT2D eigenvalue weighted by Crippen LogP contribution is 2.41. The van der Waals surface area contributed by atoms with Gasteiger partial charge in [0.2, 0.25) is 0 Å². The number of hydrogen-bond acceptors (Lipinski definition) is 22. The van der Waals surface area contributed by atoms with Crippen molar-refractivity contribution in [3.8, 4) is 32.1 Å². The zero-order valence-corrected chi connectivity index (χ0v) is 52.2. The summed E-state index contributed by atoms with van der Waals surface area (Å²) >= 11 is 4.06. The summed E-state index contributed by atoms with van der Waals surface area (Å²) in [6.45, 7) is 7.09. The Morgan fingerprint density at radius 3 is 1.14 bits per heavy atom. The Labute approximate surface area is 540 Å². The second-order valence-electron chi connectivity index (χ2n) is 22.1. The minimum Gasteiger partial charge on any atom is -0.478 e. The first-order valence-corrected chi connectivity index (χ1v) is 31.6. The van der Waals surface area contributed by atoms with Crippen LogP contribution in [0.25, 0.3) is 32.1 Å². The number of aliphatic hydroxyl groups excluding tert-OH is 3. The third-order valence-corrected chi connectivity index (χ3v) is 18.3. The molecule has 9 aromatic rings. The van der Waals surface area contributed by atoms with Crippen LogP contribution >= 0.6 is 34.0 Å². The van der Waals surface area contributed by atoms with Crippen molar-refractivity contribution in [3.63, 3.8) is 0 Å². The molecule has 2 amide bonds. The van der Waals surface area contributed by atoms with E-state index < -0.39 is 59.9 Å². The molecular weight excluding hydrogens is 1320 g/mol. The first-order chi connectivity index (χ1) is 44.7. The fourth-order valence-corrected chi connectivity index (χ4v) is 12.9. The lowest BCUT2D eigenvalue weighted by Crippen LogP contribution is -2.44. The van der Waals surface area contributed by atoms with Gasteiger partial charge in [0, 0.05) is 111 Å². The van der Waals surface area contributed by atoms with E-state index in [0.29, 0.717) is 87.3 Å². The number of amides is 2. The quantitative estimate of drug-likeness (QED) is 0.0710. The highest BCUT2D eigenvalue weighted by atomic mass is 32.1. The maximum absolute atomic E-state index is 13.3. The van der Waals surface area contributed by atoms with E-state index in [1.165, 1.54) is 40.1 Å². The monoisotopic (exact) mass is 1370 g/mol. The van der Waals surface area contributed by atoms with Crippen LogP contribution in [0.4, 0.5) is 39.5 Å². The van der Waals surface area contributed by atoms with Crippen molar-refractivity contribution in [2.45, 2.75) is 132 Å². The number of halogens is 9. The van der Waals surface area contributed by atoms with Crippen molar-refractivity contribution in [1.82, 2.24) is 60.5 Å². The molecule has 3 aliphatic rings. The van der Waals surface area contributed by atoms with Crippen LogP contribution in [-0.4, -0.2) is 150 Å². The Kier molecular flexibility index (Phi) is 22.6. The van der Waals surface area contributed by atoms with Crippen LogP contribution in [0.3, 0.4) is 0 Å². The molecule has 9 atom stereocenters. The molecule has 0 radical (unpaired) electrons. The molecule has 0 spiro atoms. The predicted molar refractivity (Wildman–Crippen MR) is 320 cm³/mol. The predicted octanol–water partition coefficient (Wildman–Crippen LogP) is 12.4. The van der Waals surface area contributed by atoms with Crippen LogP contribution in [-0.2, 0) is 0 Å². The molecule has 3 fully saturated rings. The van der Waals surface area contributed by atoms with E-state index in [2.05, 4.69) is 57.6 Å². The molecule has 0 bridgehead atoms. The topological polar surface area (TPSA) is 306 Å². The number of piperidine rings is 3. The Balaban J connectivity index is 0.000000155. The van der Waals surface area contributed by atoms with Crippen LogP contribution < -0.4 is 5.32 Å². The Bertz CT molecular complexity index is 3750. The molecule has 1 unspecified atom stereocenters. The molecule has 500 valence electrons. The van der Waals surface area contributed by atoms with Crippen molar-refractivity contribution < 1.29 is 87.9 Å². The number of nitrogens with one attached hydrogen (secondary N) is 1. The number of carbonyl (C=O) groups excluding carboxylic acids is 2. The van der Waals surface area contributed by atoms with Crippen LogP contribution in [0.15, 0.2) is 121 Å². The molecule has 0 saturated carbocycles. The lowest BCUT2D eigenvalue weighted by atomic mass is 9.90. The summed E-state index contributed by atoms with van der Waals surface area (Å²) in [4.78, 5) is 67.6. The van der Waals surface area contributed by atoms with Crippen molar-refractivity contribution in [3.05, 3.63) is 159 Å². The van der Waals surface area contributed by atoms with Gasteiger partial charge in [-0.2, -0.15) is 39.5 Å². The molecule has 0 aromatic carbocycles. The van der Waals surface area contributed by atoms with Gasteiger partial charge in [0.1, 0.15) is 34.4 Å². The average molecular weight is 1380 g/mol. The van der Waals surface area contributed by atoms with Crippen LogP contribution in [0.5, 0.6) is 0 Å². The van der Waals surface area contributed by atoms with Crippen molar-refractivity contribution in [2.24, 2.45) is 0 Å². The lowest BCUT2D eigenvalue weighted by molar-refractivity contribution is -0.208. The van der Waals surface area contributed by atoms with Gasteiger partial charge in [-0.25, -0.2) is 34.7 Å². The minimum atomic E-state index is -4.83. The van der Waals surface area contributed by atoms with Gasteiger partial charge in [-0.3, -0.25) is 9.59 Å². The summed E-state index contributed by atoms with van der Waals surface area (Å²) in [6.07, 6.45) is -8.44. The molecule has 12 heterocycles. The summed E-state index contributed by atoms with van der Waals surface area (Å²) in [5, 5.41) is 55.3. The maximum Gasteiger partial charge on any atom is 0.420 e. The molecule has 0 aliphatic carbocycles. The molecule has 3 aliphatic heterocycles.